The van der Waals surface area contributed by atoms with Crippen molar-refractivity contribution >= 4 is 22.9 Å². The Bertz CT molecular complexity index is 912. The zero-order valence-electron chi connectivity index (χ0n) is 11.6. The molecule has 0 amide bonds. The van der Waals surface area contributed by atoms with Crippen molar-refractivity contribution in [3.05, 3.63) is 65.7 Å². The lowest BCUT2D eigenvalue weighted by Gasteiger charge is -2.01. The summed E-state index contributed by atoms with van der Waals surface area (Å²) in [4.78, 5) is 14.1. The highest BCUT2D eigenvalue weighted by atomic mass is 16.4. The Balaban J connectivity index is 2.21. The van der Waals surface area contributed by atoms with Gasteiger partial charge in [0.2, 0.25) is 0 Å². The van der Waals surface area contributed by atoms with E-state index in [1.165, 1.54) is 0 Å². The van der Waals surface area contributed by atoms with Crippen LogP contribution in [-0.2, 0) is 4.79 Å². The summed E-state index contributed by atoms with van der Waals surface area (Å²) in [5.41, 5.74) is 4.08. The van der Waals surface area contributed by atoms with Crippen molar-refractivity contribution < 1.29 is 9.90 Å². The Kier molecular flexibility index (Phi) is 3.47. The second kappa shape index (κ2) is 5.58. The number of carbonyl (C=O) groups is 1. The minimum atomic E-state index is -0.990. The van der Waals surface area contributed by atoms with Gasteiger partial charge in [-0.25, -0.2) is 4.79 Å². The fourth-order valence-corrected chi connectivity index (χ4v) is 2.43. The Hall–Kier alpha value is -3.32. The number of benzene rings is 2. The van der Waals surface area contributed by atoms with Crippen LogP contribution in [0.4, 0.5) is 0 Å². The number of fused-ring (bicyclic) bond motifs is 1. The number of nitriles is 1. The van der Waals surface area contributed by atoms with Crippen LogP contribution in [0.25, 0.3) is 28.2 Å². The van der Waals surface area contributed by atoms with Gasteiger partial charge in [-0.05, 0) is 29.8 Å². The van der Waals surface area contributed by atoms with Gasteiger partial charge in [0.15, 0.2) is 0 Å². The molecule has 4 nitrogen and oxygen atoms in total. The van der Waals surface area contributed by atoms with Crippen molar-refractivity contribution in [2.45, 2.75) is 0 Å². The Labute approximate surface area is 126 Å². The van der Waals surface area contributed by atoms with Gasteiger partial charge in [-0.1, -0.05) is 30.3 Å². The van der Waals surface area contributed by atoms with E-state index < -0.39 is 5.97 Å². The first-order valence-electron chi connectivity index (χ1n) is 6.71. The minimum absolute atomic E-state index is 0.586. The molecule has 2 aromatic carbocycles. The third-order valence-corrected chi connectivity index (χ3v) is 3.44. The normalized spacial score (nSPS) is 10.9. The lowest BCUT2D eigenvalue weighted by molar-refractivity contribution is -0.131. The highest BCUT2D eigenvalue weighted by Gasteiger charge is 2.11. The molecule has 1 aromatic heterocycles. The van der Waals surface area contributed by atoms with Gasteiger partial charge in [0, 0.05) is 22.5 Å². The summed E-state index contributed by atoms with van der Waals surface area (Å²) in [6, 6.07) is 17.0. The van der Waals surface area contributed by atoms with Crippen molar-refractivity contribution in [3.63, 3.8) is 0 Å². The van der Waals surface area contributed by atoms with Crippen LogP contribution in [0, 0.1) is 11.3 Å². The molecule has 4 heteroatoms. The van der Waals surface area contributed by atoms with Crippen molar-refractivity contribution in [2.24, 2.45) is 0 Å². The number of carboxylic acids is 1. The van der Waals surface area contributed by atoms with E-state index >= 15 is 0 Å². The lowest BCUT2D eigenvalue weighted by Crippen LogP contribution is -1.87. The van der Waals surface area contributed by atoms with E-state index in [-0.39, 0.29) is 0 Å². The number of aliphatic carboxylic acids is 1. The average molecular weight is 288 g/mol. The molecule has 0 bridgehead atoms. The molecule has 0 spiro atoms. The van der Waals surface area contributed by atoms with Gasteiger partial charge in [-0.2, -0.15) is 5.26 Å². The minimum Gasteiger partial charge on any atom is -0.478 e. The van der Waals surface area contributed by atoms with Crippen molar-refractivity contribution in [1.29, 1.82) is 5.26 Å². The van der Waals surface area contributed by atoms with Crippen LogP contribution in [0.1, 0.15) is 11.1 Å². The number of para-hydroxylation sites is 1. The van der Waals surface area contributed by atoms with E-state index in [1.54, 1.807) is 18.2 Å². The maximum Gasteiger partial charge on any atom is 0.328 e. The number of hydrogen-bond donors (Lipinski definition) is 2. The van der Waals surface area contributed by atoms with Crippen LogP contribution in [0.15, 0.2) is 54.6 Å². The third-order valence-electron chi connectivity index (χ3n) is 3.44. The Morgan fingerprint density at radius 2 is 1.86 bits per heavy atom. The summed E-state index contributed by atoms with van der Waals surface area (Å²) in [6.45, 7) is 0. The number of nitrogens with zero attached hydrogens (tertiary/aromatic N) is 1. The van der Waals surface area contributed by atoms with E-state index in [1.807, 2.05) is 36.4 Å². The van der Waals surface area contributed by atoms with Crippen molar-refractivity contribution in [1.82, 2.24) is 4.98 Å². The molecule has 106 valence electrons. The van der Waals surface area contributed by atoms with E-state index in [9.17, 15) is 4.79 Å². The Morgan fingerprint density at radius 3 is 2.55 bits per heavy atom. The maximum atomic E-state index is 10.8. The molecule has 2 N–H and O–H groups in total. The van der Waals surface area contributed by atoms with Crippen molar-refractivity contribution in [3.8, 4) is 17.3 Å². The summed E-state index contributed by atoms with van der Waals surface area (Å²) in [5, 5.41) is 18.7. The fraction of sp³-hybridized carbons (Fsp3) is 0. The first-order valence-corrected chi connectivity index (χ1v) is 6.71. The topological polar surface area (TPSA) is 76.9 Å². The number of nitrogens with one attached hydrogen (secondary N) is 1. The molecule has 0 aliphatic heterocycles. The van der Waals surface area contributed by atoms with Gasteiger partial charge in [0.05, 0.1) is 17.3 Å². The molecule has 0 atom stereocenters. The molecule has 0 radical (unpaired) electrons. The number of hydrogen-bond acceptors (Lipinski definition) is 2. The number of rotatable bonds is 3. The van der Waals surface area contributed by atoms with Gasteiger partial charge in [-0.15, -0.1) is 0 Å². The van der Waals surface area contributed by atoms with Gasteiger partial charge in [0.25, 0.3) is 0 Å². The predicted octanol–water partition coefficient (Wildman–Crippen LogP) is 3.80. The summed E-state index contributed by atoms with van der Waals surface area (Å²) >= 11 is 0. The molecule has 0 unspecified atom stereocenters. The standard InChI is InChI=1S/C18H12N2O2/c19-11-12-5-7-13(8-6-12)18-15(9-10-17(21)22)14-3-1-2-4-16(14)20-18/h1-10,20H,(H,21,22)/b10-9+. The number of aromatic amines is 1. The lowest BCUT2D eigenvalue weighted by atomic mass is 10.0. The van der Waals surface area contributed by atoms with Crippen LogP contribution < -0.4 is 0 Å². The predicted molar refractivity (Wildman–Crippen MR) is 85.1 cm³/mol. The monoisotopic (exact) mass is 288 g/mol. The van der Waals surface area contributed by atoms with Crippen LogP contribution in [0.2, 0.25) is 0 Å². The van der Waals surface area contributed by atoms with Crippen LogP contribution >= 0.6 is 0 Å². The van der Waals surface area contributed by atoms with E-state index in [0.717, 1.165) is 33.8 Å². The zero-order valence-corrected chi connectivity index (χ0v) is 11.6. The first kappa shape index (κ1) is 13.7. The van der Waals surface area contributed by atoms with E-state index in [0.29, 0.717) is 5.56 Å². The first-order chi connectivity index (χ1) is 10.7. The third kappa shape index (κ3) is 2.48. The fourth-order valence-electron chi connectivity index (χ4n) is 2.43. The average Bonchev–Trinajstić information content (AvgIpc) is 2.91. The highest BCUT2D eigenvalue weighted by Crippen LogP contribution is 2.31. The quantitative estimate of drug-likeness (QED) is 0.719. The molecule has 0 aliphatic carbocycles. The molecular formula is C18H12N2O2. The summed E-state index contributed by atoms with van der Waals surface area (Å²) in [5.74, 6) is -0.990. The molecule has 0 saturated heterocycles. The smallest absolute Gasteiger partial charge is 0.328 e. The molecule has 0 aliphatic rings. The molecule has 0 saturated carbocycles. The zero-order chi connectivity index (χ0) is 15.5. The molecule has 0 fully saturated rings. The second-order valence-electron chi connectivity index (χ2n) is 4.82. The van der Waals surface area contributed by atoms with Gasteiger partial charge < -0.3 is 10.1 Å². The van der Waals surface area contributed by atoms with Gasteiger partial charge in [-0.3, -0.25) is 0 Å². The van der Waals surface area contributed by atoms with Crippen LogP contribution in [-0.4, -0.2) is 16.1 Å². The maximum absolute atomic E-state index is 10.8. The van der Waals surface area contributed by atoms with Crippen molar-refractivity contribution in [2.75, 3.05) is 0 Å². The van der Waals surface area contributed by atoms with Gasteiger partial charge >= 0.3 is 5.97 Å². The summed E-state index contributed by atoms with van der Waals surface area (Å²) in [7, 11) is 0. The van der Waals surface area contributed by atoms with E-state index in [4.69, 9.17) is 10.4 Å². The number of carboxylic acid groups (broad SMARTS) is 1. The second-order valence-corrected chi connectivity index (χ2v) is 4.82. The number of aromatic nitrogens is 1. The summed E-state index contributed by atoms with van der Waals surface area (Å²) < 4.78 is 0. The van der Waals surface area contributed by atoms with Gasteiger partial charge in [0.1, 0.15) is 0 Å². The number of H-pyrrole nitrogens is 1. The molecule has 22 heavy (non-hydrogen) atoms. The SMILES string of the molecule is N#Cc1ccc(-c2[nH]c3ccccc3c2/C=C/C(=O)O)cc1. The van der Waals surface area contributed by atoms with Crippen LogP contribution in [0.3, 0.4) is 0 Å². The van der Waals surface area contributed by atoms with E-state index in [2.05, 4.69) is 11.1 Å². The molecular weight excluding hydrogens is 276 g/mol. The molecule has 1 heterocycles. The molecule has 3 rings (SSSR count). The van der Waals surface area contributed by atoms with Crippen LogP contribution in [0.5, 0.6) is 0 Å². The highest BCUT2D eigenvalue weighted by molar-refractivity contribution is 5.99. The largest absolute Gasteiger partial charge is 0.478 e. The molecule has 3 aromatic rings. The Morgan fingerprint density at radius 1 is 1.14 bits per heavy atom. The summed E-state index contributed by atoms with van der Waals surface area (Å²) in [6.07, 6.45) is 2.72.